The summed E-state index contributed by atoms with van der Waals surface area (Å²) in [5, 5.41) is 1.64. The fourth-order valence-electron chi connectivity index (χ4n) is 3.76. The lowest BCUT2D eigenvalue weighted by molar-refractivity contribution is -0.139. The smallest absolute Gasteiger partial charge is 0.337 e. The van der Waals surface area contributed by atoms with Gasteiger partial charge in [-0.2, -0.15) is 0 Å². The van der Waals surface area contributed by atoms with Gasteiger partial charge in [0.1, 0.15) is 12.4 Å². The van der Waals surface area contributed by atoms with E-state index in [2.05, 4.69) is 0 Å². The number of rotatable bonds is 7. The topological polar surface area (TPSA) is 83.6 Å². The van der Waals surface area contributed by atoms with E-state index in [0.29, 0.717) is 45.8 Å². The summed E-state index contributed by atoms with van der Waals surface area (Å²) < 4.78 is 12.8. The summed E-state index contributed by atoms with van der Waals surface area (Å²) in [6, 6.07) is 18.5. The van der Waals surface area contributed by atoms with Crippen LogP contribution in [0.4, 0.5) is 0 Å². The molecule has 2 N–H and O–H groups in total. The number of carbonyl (C=O) groups excluding carboxylic acids is 2. The Hall–Kier alpha value is -3.35. The van der Waals surface area contributed by atoms with E-state index in [1.807, 2.05) is 41.0 Å². The van der Waals surface area contributed by atoms with E-state index in [1.165, 1.54) is 0 Å². The molecule has 3 aromatic carbocycles. The standard InChI is InChI=1S/C24H21ClN2O4/c1-2-30-14-20(28)31-19-12-11-17(25)23-22(19)21-16(24(26)29)9-6-10-18(21)27(23)13-15-7-4-3-5-8-15/h3-12H,2,13-14H2,1H3,(H2,26,29). The Morgan fingerprint density at radius 2 is 1.77 bits per heavy atom. The first-order valence-corrected chi connectivity index (χ1v) is 10.2. The van der Waals surface area contributed by atoms with Crippen molar-refractivity contribution in [2.24, 2.45) is 5.73 Å². The predicted molar refractivity (Wildman–Crippen MR) is 121 cm³/mol. The van der Waals surface area contributed by atoms with Gasteiger partial charge >= 0.3 is 5.97 Å². The van der Waals surface area contributed by atoms with Crippen molar-refractivity contribution >= 4 is 45.3 Å². The highest BCUT2D eigenvalue weighted by molar-refractivity contribution is 6.37. The molecule has 0 unspecified atom stereocenters. The third kappa shape index (κ3) is 4.00. The zero-order valence-corrected chi connectivity index (χ0v) is 17.7. The number of carbonyl (C=O) groups is 2. The number of nitrogens with two attached hydrogens (primary N) is 1. The lowest BCUT2D eigenvalue weighted by Gasteiger charge is -2.10. The van der Waals surface area contributed by atoms with E-state index in [4.69, 9.17) is 26.8 Å². The van der Waals surface area contributed by atoms with Gasteiger partial charge in [-0.3, -0.25) is 4.79 Å². The quantitative estimate of drug-likeness (QED) is 0.340. The van der Waals surface area contributed by atoms with Crippen LogP contribution in [0, 0.1) is 0 Å². The lowest BCUT2D eigenvalue weighted by Crippen LogP contribution is -2.15. The van der Waals surface area contributed by atoms with Crippen LogP contribution in [0.2, 0.25) is 5.02 Å². The molecule has 0 atom stereocenters. The fourth-order valence-corrected chi connectivity index (χ4v) is 4.02. The van der Waals surface area contributed by atoms with Gasteiger partial charge < -0.3 is 19.8 Å². The highest BCUT2D eigenvalue weighted by Crippen LogP contribution is 2.41. The first kappa shape index (κ1) is 20.9. The van der Waals surface area contributed by atoms with Crippen LogP contribution in [-0.2, 0) is 16.1 Å². The van der Waals surface area contributed by atoms with E-state index >= 15 is 0 Å². The Morgan fingerprint density at radius 1 is 1.00 bits per heavy atom. The number of halogens is 1. The number of primary amides is 1. The Kier molecular flexibility index (Phi) is 5.93. The maximum Gasteiger partial charge on any atom is 0.337 e. The molecule has 0 fully saturated rings. The molecule has 0 spiro atoms. The Morgan fingerprint density at radius 3 is 2.48 bits per heavy atom. The van der Waals surface area contributed by atoms with E-state index in [9.17, 15) is 9.59 Å². The fraction of sp³-hybridized carbons (Fsp3) is 0.167. The van der Waals surface area contributed by atoms with Gasteiger partial charge in [-0.25, -0.2) is 4.79 Å². The van der Waals surface area contributed by atoms with Crippen LogP contribution in [0.3, 0.4) is 0 Å². The first-order valence-electron chi connectivity index (χ1n) is 9.86. The molecule has 158 valence electrons. The van der Waals surface area contributed by atoms with Crippen LogP contribution in [0.1, 0.15) is 22.8 Å². The summed E-state index contributed by atoms with van der Waals surface area (Å²) in [5.41, 5.74) is 8.50. The highest BCUT2D eigenvalue weighted by atomic mass is 35.5. The zero-order valence-electron chi connectivity index (χ0n) is 16.9. The molecule has 1 amide bonds. The number of nitrogens with zero attached hydrogens (tertiary/aromatic N) is 1. The second-order valence-electron chi connectivity index (χ2n) is 7.02. The molecule has 31 heavy (non-hydrogen) atoms. The van der Waals surface area contributed by atoms with Crippen molar-refractivity contribution in [3.8, 4) is 5.75 Å². The molecule has 1 aromatic heterocycles. The third-order valence-electron chi connectivity index (χ3n) is 5.04. The van der Waals surface area contributed by atoms with Crippen molar-refractivity contribution in [1.29, 1.82) is 0 Å². The van der Waals surface area contributed by atoms with Crippen LogP contribution in [0.15, 0.2) is 60.7 Å². The second kappa shape index (κ2) is 8.79. The molecule has 0 bridgehead atoms. The van der Waals surface area contributed by atoms with Crippen molar-refractivity contribution in [2.75, 3.05) is 13.2 Å². The van der Waals surface area contributed by atoms with E-state index in [-0.39, 0.29) is 6.61 Å². The minimum absolute atomic E-state index is 0.175. The van der Waals surface area contributed by atoms with Crippen molar-refractivity contribution in [3.63, 3.8) is 0 Å². The Bertz CT molecular complexity index is 1280. The zero-order chi connectivity index (χ0) is 22.0. The highest BCUT2D eigenvalue weighted by Gasteiger charge is 2.22. The van der Waals surface area contributed by atoms with Gasteiger partial charge in [0.05, 0.1) is 21.4 Å². The van der Waals surface area contributed by atoms with E-state index in [1.54, 1.807) is 31.2 Å². The maximum atomic E-state index is 12.3. The number of amides is 1. The molecule has 1 heterocycles. The molecule has 0 radical (unpaired) electrons. The number of fused-ring (bicyclic) bond motifs is 3. The molecule has 4 aromatic rings. The van der Waals surface area contributed by atoms with Gasteiger partial charge in [0.2, 0.25) is 5.91 Å². The number of hydrogen-bond donors (Lipinski definition) is 1. The van der Waals surface area contributed by atoms with Crippen LogP contribution in [0.5, 0.6) is 5.75 Å². The Labute approximate surface area is 184 Å². The van der Waals surface area contributed by atoms with Gasteiger partial charge in [-0.1, -0.05) is 48.0 Å². The molecule has 0 aliphatic rings. The molecule has 4 rings (SSSR count). The van der Waals surface area contributed by atoms with E-state index in [0.717, 1.165) is 11.1 Å². The van der Waals surface area contributed by atoms with Gasteiger partial charge in [-0.15, -0.1) is 0 Å². The summed E-state index contributed by atoms with van der Waals surface area (Å²) in [7, 11) is 0. The predicted octanol–water partition coefficient (Wildman–Crippen LogP) is 4.54. The summed E-state index contributed by atoms with van der Waals surface area (Å²) in [4.78, 5) is 24.5. The number of ether oxygens (including phenoxy) is 2. The minimum atomic E-state index is -0.573. The number of benzene rings is 3. The average molecular weight is 437 g/mol. The van der Waals surface area contributed by atoms with Gasteiger partial charge in [-0.05, 0) is 36.8 Å². The van der Waals surface area contributed by atoms with Gasteiger partial charge in [0, 0.05) is 24.1 Å². The van der Waals surface area contributed by atoms with Gasteiger partial charge in [0.25, 0.3) is 0 Å². The SMILES string of the molecule is CCOCC(=O)Oc1ccc(Cl)c2c1c1c(C(N)=O)cccc1n2Cc1ccccc1. The summed E-state index contributed by atoms with van der Waals surface area (Å²) in [6.45, 7) is 2.53. The van der Waals surface area contributed by atoms with Crippen molar-refractivity contribution in [2.45, 2.75) is 13.5 Å². The van der Waals surface area contributed by atoms with Crippen molar-refractivity contribution < 1.29 is 19.1 Å². The molecule has 7 heteroatoms. The summed E-state index contributed by atoms with van der Waals surface area (Å²) in [6.07, 6.45) is 0. The molecule has 6 nitrogen and oxygen atoms in total. The molecule has 0 aliphatic carbocycles. The van der Waals surface area contributed by atoms with Crippen LogP contribution < -0.4 is 10.5 Å². The molecular formula is C24H21ClN2O4. The normalized spacial score (nSPS) is 11.2. The summed E-state index contributed by atoms with van der Waals surface area (Å²) in [5.74, 6) is -0.809. The van der Waals surface area contributed by atoms with Crippen LogP contribution in [0.25, 0.3) is 21.8 Å². The Balaban J connectivity index is 2.01. The van der Waals surface area contributed by atoms with Crippen molar-refractivity contribution in [1.82, 2.24) is 4.57 Å². The monoisotopic (exact) mass is 436 g/mol. The van der Waals surface area contributed by atoms with Crippen LogP contribution >= 0.6 is 11.6 Å². The molecule has 0 aliphatic heterocycles. The summed E-state index contributed by atoms with van der Waals surface area (Å²) >= 11 is 6.62. The molecule has 0 saturated heterocycles. The molecule has 0 saturated carbocycles. The minimum Gasteiger partial charge on any atom is -0.424 e. The van der Waals surface area contributed by atoms with E-state index < -0.39 is 11.9 Å². The third-order valence-corrected chi connectivity index (χ3v) is 5.35. The number of esters is 1. The maximum absolute atomic E-state index is 12.3. The molecular weight excluding hydrogens is 416 g/mol. The van der Waals surface area contributed by atoms with Crippen LogP contribution in [-0.4, -0.2) is 29.7 Å². The first-order chi connectivity index (χ1) is 15.0. The van der Waals surface area contributed by atoms with Gasteiger partial charge in [0.15, 0.2) is 0 Å². The lowest BCUT2D eigenvalue weighted by atomic mass is 10.1. The van der Waals surface area contributed by atoms with Crippen molar-refractivity contribution in [3.05, 3.63) is 76.8 Å². The number of hydrogen-bond acceptors (Lipinski definition) is 4. The number of aromatic nitrogens is 1. The second-order valence-corrected chi connectivity index (χ2v) is 7.42. The average Bonchev–Trinajstić information content (AvgIpc) is 3.10. The largest absolute Gasteiger partial charge is 0.424 e.